The Morgan fingerprint density at radius 2 is 1.94 bits per heavy atom. The minimum atomic E-state index is 0.675. The van der Waals surface area contributed by atoms with Crippen LogP contribution in [-0.4, -0.2) is 43.0 Å². The highest BCUT2D eigenvalue weighted by atomic mass is 15.3. The van der Waals surface area contributed by atoms with Crippen LogP contribution in [0.2, 0.25) is 0 Å². The lowest BCUT2D eigenvalue weighted by Gasteiger charge is -2.26. The zero-order valence-electron chi connectivity index (χ0n) is 11.8. The van der Waals surface area contributed by atoms with Gasteiger partial charge in [-0.25, -0.2) is 0 Å². The van der Waals surface area contributed by atoms with Crippen LogP contribution in [-0.2, 0) is 6.42 Å². The number of hydrogen-bond donors (Lipinski definition) is 0. The van der Waals surface area contributed by atoms with Crippen LogP contribution in [0.1, 0.15) is 30.5 Å². The molecule has 0 N–H and O–H groups in total. The highest BCUT2D eigenvalue weighted by molar-refractivity contribution is 5.34. The lowest BCUT2D eigenvalue weighted by atomic mass is 10.1. The van der Waals surface area contributed by atoms with Gasteiger partial charge in [0.25, 0.3) is 0 Å². The molecule has 1 aromatic rings. The number of nitrogens with zero attached hydrogens (tertiary/aromatic N) is 2. The standard InChI is InChI=1S/C16H24N2/c1-12-10-18(11-16(12)17(2)3)15-9-8-13-6-4-5-7-14(13)15/h4-7,12,15-16H,8-11H2,1-3H3/t12-,15?,16-/m1/s1. The number of likely N-dealkylation sites (tertiary alicyclic amines) is 1. The van der Waals surface area contributed by atoms with E-state index in [1.165, 1.54) is 25.9 Å². The van der Waals surface area contributed by atoms with E-state index in [9.17, 15) is 0 Å². The summed E-state index contributed by atoms with van der Waals surface area (Å²) in [4.78, 5) is 5.10. The predicted octanol–water partition coefficient (Wildman–Crippen LogP) is 2.56. The molecule has 1 aromatic carbocycles. The maximum absolute atomic E-state index is 2.71. The first-order valence-corrected chi connectivity index (χ1v) is 7.15. The highest BCUT2D eigenvalue weighted by Gasteiger charge is 2.37. The molecule has 1 fully saturated rings. The minimum Gasteiger partial charge on any atom is -0.305 e. The summed E-state index contributed by atoms with van der Waals surface area (Å²) in [5.74, 6) is 0.785. The van der Waals surface area contributed by atoms with Crippen LogP contribution in [0, 0.1) is 5.92 Å². The van der Waals surface area contributed by atoms with Gasteiger partial charge in [0, 0.05) is 25.2 Å². The first-order valence-electron chi connectivity index (χ1n) is 7.15. The van der Waals surface area contributed by atoms with Crippen LogP contribution in [0.25, 0.3) is 0 Å². The number of benzene rings is 1. The molecule has 18 heavy (non-hydrogen) atoms. The van der Waals surface area contributed by atoms with Crippen LogP contribution in [0.15, 0.2) is 24.3 Å². The van der Waals surface area contributed by atoms with Gasteiger partial charge in [-0.2, -0.15) is 0 Å². The summed E-state index contributed by atoms with van der Waals surface area (Å²) in [6.45, 7) is 4.88. The molecule has 1 aliphatic heterocycles. The van der Waals surface area contributed by atoms with Crippen LogP contribution in [0.4, 0.5) is 0 Å². The summed E-state index contributed by atoms with van der Waals surface area (Å²) < 4.78 is 0. The van der Waals surface area contributed by atoms with Crippen LogP contribution >= 0.6 is 0 Å². The third-order valence-corrected chi connectivity index (χ3v) is 4.81. The van der Waals surface area contributed by atoms with E-state index in [4.69, 9.17) is 0 Å². The Morgan fingerprint density at radius 1 is 1.17 bits per heavy atom. The number of likely N-dealkylation sites (N-methyl/N-ethyl adjacent to an activating group) is 1. The van der Waals surface area contributed by atoms with Crippen molar-refractivity contribution < 1.29 is 0 Å². The van der Waals surface area contributed by atoms with E-state index in [1.807, 2.05) is 0 Å². The Kier molecular flexibility index (Phi) is 3.16. The summed E-state index contributed by atoms with van der Waals surface area (Å²) in [6.07, 6.45) is 2.57. The molecule has 3 atom stereocenters. The topological polar surface area (TPSA) is 6.48 Å². The number of aryl methyl sites for hydroxylation is 1. The van der Waals surface area contributed by atoms with Crippen molar-refractivity contribution in [1.29, 1.82) is 0 Å². The summed E-state index contributed by atoms with van der Waals surface area (Å²) in [5, 5.41) is 0. The molecule has 1 heterocycles. The lowest BCUT2D eigenvalue weighted by Crippen LogP contribution is -2.34. The van der Waals surface area contributed by atoms with Crippen LogP contribution in [0.3, 0.4) is 0 Å². The second-order valence-corrected chi connectivity index (χ2v) is 6.22. The van der Waals surface area contributed by atoms with Gasteiger partial charge >= 0.3 is 0 Å². The van der Waals surface area contributed by atoms with E-state index < -0.39 is 0 Å². The zero-order valence-corrected chi connectivity index (χ0v) is 11.8. The SMILES string of the molecule is C[C@@H]1CN(C2CCc3ccccc32)C[C@H]1N(C)C. The largest absolute Gasteiger partial charge is 0.305 e. The average molecular weight is 244 g/mol. The van der Waals surface area contributed by atoms with Crippen LogP contribution < -0.4 is 0 Å². The fourth-order valence-corrected chi connectivity index (χ4v) is 3.83. The van der Waals surface area contributed by atoms with Crippen molar-refractivity contribution in [2.75, 3.05) is 27.2 Å². The number of rotatable bonds is 2. The molecule has 0 amide bonds. The molecule has 0 bridgehead atoms. The molecule has 0 spiro atoms. The van der Waals surface area contributed by atoms with Gasteiger partial charge in [-0.1, -0.05) is 31.2 Å². The fraction of sp³-hybridized carbons (Fsp3) is 0.625. The maximum Gasteiger partial charge on any atom is 0.0354 e. The Bertz CT molecular complexity index is 427. The molecule has 0 saturated carbocycles. The van der Waals surface area contributed by atoms with Crippen molar-refractivity contribution >= 4 is 0 Å². The van der Waals surface area contributed by atoms with Gasteiger partial charge in [0.05, 0.1) is 0 Å². The van der Waals surface area contributed by atoms with Gasteiger partial charge in [0.2, 0.25) is 0 Å². The van der Waals surface area contributed by atoms with Gasteiger partial charge in [-0.05, 0) is 44.0 Å². The van der Waals surface area contributed by atoms with Gasteiger partial charge in [0.1, 0.15) is 0 Å². The van der Waals surface area contributed by atoms with Gasteiger partial charge in [0.15, 0.2) is 0 Å². The van der Waals surface area contributed by atoms with Crippen molar-refractivity contribution in [3.05, 3.63) is 35.4 Å². The number of hydrogen-bond acceptors (Lipinski definition) is 2. The Morgan fingerprint density at radius 3 is 2.67 bits per heavy atom. The maximum atomic E-state index is 2.71. The Balaban J connectivity index is 1.78. The molecule has 98 valence electrons. The molecular formula is C16H24N2. The predicted molar refractivity (Wildman–Crippen MR) is 75.7 cm³/mol. The van der Waals surface area contributed by atoms with Gasteiger partial charge in [-0.3, -0.25) is 4.90 Å². The molecule has 0 aromatic heterocycles. The summed E-state index contributed by atoms with van der Waals surface area (Å²) >= 11 is 0. The van der Waals surface area contributed by atoms with E-state index in [0.717, 1.165) is 12.0 Å². The quantitative estimate of drug-likeness (QED) is 0.789. The van der Waals surface area contributed by atoms with E-state index in [-0.39, 0.29) is 0 Å². The highest BCUT2D eigenvalue weighted by Crippen LogP contribution is 2.38. The van der Waals surface area contributed by atoms with Crippen molar-refractivity contribution in [3.63, 3.8) is 0 Å². The first-order chi connectivity index (χ1) is 8.66. The minimum absolute atomic E-state index is 0.675. The normalized spacial score (nSPS) is 32.1. The van der Waals surface area contributed by atoms with Gasteiger partial charge < -0.3 is 4.90 Å². The first kappa shape index (κ1) is 12.2. The second-order valence-electron chi connectivity index (χ2n) is 6.22. The molecule has 0 radical (unpaired) electrons. The molecule has 3 rings (SSSR count). The zero-order chi connectivity index (χ0) is 12.7. The molecular weight excluding hydrogens is 220 g/mol. The van der Waals surface area contributed by atoms with Crippen LogP contribution in [0.5, 0.6) is 0 Å². The lowest BCUT2D eigenvalue weighted by molar-refractivity contribution is 0.215. The summed E-state index contributed by atoms with van der Waals surface area (Å²) in [6, 6.07) is 10.4. The van der Waals surface area contributed by atoms with Crippen molar-refractivity contribution in [2.24, 2.45) is 5.92 Å². The molecule has 1 aliphatic carbocycles. The van der Waals surface area contributed by atoms with Crippen molar-refractivity contribution in [2.45, 2.75) is 31.8 Å². The molecule has 2 heteroatoms. The molecule has 1 saturated heterocycles. The van der Waals surface area contributed by atoms with E-state index in [0.29, 0.717) is 6.04 Å². The second kappa shape index (κ2) is 4.67. The third kappa shape index (κ3) is 1.98. The third-order valence-electron chi connectivity index (χ3n) is 4.81. The Hall–Kier alpha value is -0.860. The molecule has 2 nitrogen and oxygen atoms in total. The van der Waals surface area contributed by atoms with Gasteiger partial charge in [-0.15, -0.1) is 0 Å². The van der Waals surface area contributed by atoms with E-state index in [1.54, 1.807) is 11.1 Å². The van der Waals surface area contributed by atoms with Crippen molar-refractivity contribution in [3.8, 4) is 0 Å². The van der Waals surface area contributed by atoms with E-state index in [2.05, 4.69) is 55.1 Å². The van der Waals surface area contributed by atoms with Crippen molar-refractivity contribution in [1.82, 2.24) is 9.80 Å². The monoisotopic (exact) mass is 244 g/mol. The fourth-order valence-electron chi connectivity index (χ4n) is 3.83. The Labute approximate surface area is 111 Å². The summed E-state index contributed by atoms with van der Waals surface area (Å²) in [7, 11) is 4.43. The number of fused-ring (bicyclic) bond motifs is 1. The molecule has 1 unspecified atom stereocenters. The molecule has 2 aliphatic rings. The average Bonchev–Trinajstić information content (AvgIpc) is 2.92. The summed E-state index contributed by atoms with van der Waals surface area (Å²) in [5.41, 5.74) is 3.16. The van der Waals surface area contributed by atoms with E-state index >= 15 is 0 Å². The smallest absolute Gasteiger partial charge is 0.0354 e.